The highest BCUT2D eigenvalue weighted by Crippen LogP contribution is 2.48. The maximum Gasteiger partial charge on any atom is 0.377 e. The van der Waals surface area contributed by atoms with E-state index >= 15 is 0 Å². The monoisotopic (exact) mass is 421 g/mol. The van der Waals surface area contributed by atoms with Gasteiger partial charge in [0.05, 0.1) is 18.9 Å². The number of aromatic nitrogens is 3. The number of hydrogen-bond donors (Lipinski definition) is 0. The van der Waals surface area contributed by atoms with Crippen LogP contribution >= 0.6 is 7.60 Å². The summed E-state index contributed by atoms with van der Waals surface area (Å²) in [7, 11) is -3.53. The molecule has 154 valence electrons. The Morgan fingerprint density at radius 3 is 2.17 bits per heavy atom. The maximum absolute atomic E-state index is 13.7. The number of nitrogens with zero attached hydrogens (tertiary/aromatic N) is 3. The third kappa shape index (κ3) is 3.94. The van der Waals surface area contributed by atoms with Crippen molar-refractivity contribution in [2.45, 2.75) is 20.4 Å². The minimum Gasteiger partial charge on any atom is -0.314 e. The third-order valence-electron chi connectivity index (χ3n) is 4.78. The van der Waals surface area contributed by atoms with E-state index in [-0.39, 0.29) is 13.2 Å². The van der Waals surface area contributed by atoms with Crippen molar-refractivity contribution in [3.8, 4) is 11.3 Å². The van der Waals surface area contributed by atoms with E-state index in [9.17, 15) is 4.57 Å². The second-order valence-electron chi connectivity index (χ2n) is 6.73. The van der Waals surface area contributed by atoms with Gasteiger partial charge >= 0.3 is 7.60 Å². The van der Waals surface area contributed by atoms with E-state index in [2.05, 4.69) is 9.97 Å². The first-order valence-corrected chi connectivity index (χ1v) is 11.5. The zero-order chi connectivity index (χ0) is 21.0. The van der Waals surface area contributed by atoms with E-state index in [1.807, 2.05) is 85.1 Å². The lowest BCUT2D eigenvalue weighted by Crippen LogP contribution is -2.21. The Morgan fingerprint density at radius 1 is 0.900 bits per heavy atom. The predicted molar refractivity (Wildman–Crippen MR) is 119 cm³/mol. The van der Waals surface area contributed by atoms with Crippen LogP contribution < -0.4 is 5.44 Å². The highest BCUT2D eigenvalue weighted by Gasteiger charge is 2.33. The van der Waals surface area contributed by atoms with Gasteiger partial charge in [-0.15, -0.1) is 0 Å². The van der Waals surface area contributed by atoms with Gasteiger partial charge in [-0.3, -0.25) is 4.57 Å². The molecule has 0 aliphatic heterocycles. The summed E-state index contributed by atoms with van der Waals surface area (Å²) >= 11 is 0. The largest absolute Gasteiger partial charge is 0.377 e. The minimum atomic E-state index is -3.53. The Kier molecular flexibility index (Phi) is 6.09. The molecule has 4 rings (SSSR count). The highest BCUT2D eigenvalue weighted by molar-refractivity contribution is 7.62. The molecule has 0 bridgehead atoms. The number of benzene rings is 2. The van der Waals surface area contributed by atoms with Crippen molar-refractivity contribution in [3.63, 3.8) is 0 Å². The van der Waals surface area contributed by atoms with Crippen LogP contribution in [0.2, 0.25) is 0 Å². The van der Waals surface area contributed by atoms with Crippen LogP contribution in [-0.4, -0.2) is 27.7 Å². The molecule has 2 aromatic carbocycles. The summed E-state index contributed by atoms with van der Waals surface area (Å²) in [5.74, 6) is 0. The molecule has 0 aliphatic rings. The fourth-order valence-electron chi connectivity index (χ4n) is 3.53. The first-order chi connectivity index (χ1) is 14.7. The quantitative estimate of drug-likeness (QED) is 0.373. The molecular formula is C23H24N3O3P. The maximum atomic E-state index is 13.7. The standard InChI is InChI=1S/C23H24N3O3P/c1-3-28-30(27,29-4-2)21-15-20-22(19-13-9-6-10-14-19)24-17-25-23(20)26(21)16-18-11-7-5-8-12-18/h5-15,17H,3-4,16H2,1-2H3. The molecule has 0 aliphatic carbocycles. The smallest absolute Gasteiger partial charge is 0.314 e. The van der Waals surface area contributed by atoms with E-state index < -0.39 is 7.60 Å². The Hall–Kier alpha value is -2.79. The van der Waals surface area contributed by atoms with Gasteiger partial charge in [0.1, 0.15) is 17.4 Å². The summed E-state index contributed by atoms with van der Waals surface area (Å²) in [6.07, 6.45) is 1.54. The molecule has 6 nitrogen and oxygen atoms in total. The van der Waals surface area contributed by atoms with Gasteiger partial charge in [0.25, 0.3) is 0 Å². The molecule has 4 aromatic rings. The Bertz CT molecular complexity index is 1170. The molecule has 2 heterocycles. The predicted octanol–water partition coefficient (Wildman–Crippen LogP) is 5.04. The average molecular weight is 421 g/mol. The van der Waals surface area contributed by atoms with Gasteiger partial charge in [-0.1, -0.05) is 60.7 Å². The average Bonchev–Trinajstić information content (AvgIpc) is 3.15. The van der Waals surface area contributed by atoms with E-state index in [0.29, 0.717) is 17.6 Å². The van der Waals surface area contributed by atoms with Gasteiger partial charge in [0.15, 0.2) is 0 Å². The fraction of sp³-hybridized carbons (Fsp3) is 0.217. The topological polar surface area (TPSA) is 66.2 Å². The lowest BCUT2D eigenvalue weighted by molar-refractivity contribution is 0.228. The third-order valence-corrected chi connectivity index (χ3v) is 6.91. The summed E-state index contributed by atoms with van der Waals surface area (Å²) in [5, 5.41) is 0.814. The number of rotatable bonds is 8. The Morgan fingerprint density at radius 2 is 1.53 bits per heavy atom. The lowest BCUT2D eigenvalue weighted by atomic mass is 10.1. The first kappa shape index (κ1) is 20.5. The van der Waals surface area contributed by atoms with Gasteiger partial charge in [-0.05, 0) is 25.5 Å². The van der Waals surface area contributed by atoms with Gasteiger partial charge in [0.2, 0.25) is 0 Å². The van der Waals surface area contributed by atoms with Crippen molar-refractivity contribution in [1.29, 1.82) is 0 Å². The van der Waals surface area contributed by atoms with E-state index in [1.165, 1.54) is 0 Å². The molecule has 0 saturated heterocycles. The van der Waals surface area contributed by atoms with Gasteiger partial charge in [-0.25, -0.2) is 9.97 Å². The normalized spacial score (nSPS) is 11.8. The summed E-state index contributed by atoms with van der Waals surface area (Å²) in [6.45, 7) is 4.67. The van der Waals surface area contributed by atoms with Crippen LogP contribution in [0.4, 0.5) is 0 Å². The molecule has 30 heavy (non-hydrogen) atoms. The van der Waals surface area contributed by atoms with Crippen molar-refractivity contribution in [3.05, 3.63) is 78.6 Å². The van der Waals surface area contributed by atoms with Crippen LogP contribution in [0.25, 0.3) is 22.3 Å². The fourth-order valence-corrected chi connectivity index (χ4v) is 5.30. The number of fused-ring (bicyclic) bond motifs is 1. The molecule has 0 radical (unpaired) electrons. The van der Waals surface area contributed by atoms with Crippen LogP contribution in [0.3, 0.4) is 0 Å². The van der Waals surface area contributed by atoms with Gasteiger partial charge < -0.3 is 13.6 Å². The minimum absolute atomic E-state index is 0.279. The van der Waals surface area contributed by atoms with Crippen LogP contribution in [-0.2, 0) is 20.2 Å². The molecular weight excluding hydrogens is 397 g/mol. The molecule has 0 spiro atoms. The lowest BCUT2D eigenvalue weighted by Gasteiger charge is -2.19. The first-order valence-electron chi connectivity index (χ1n) is 9.99. The molecule has 0 atom stereocenters. The van der Waals surface area contributed by atoms with Crippen LogP contribution in [0.1, 0.15) is 19.4 Å². The van der Waals surface area contributed by atoms with Crippen molar-refractivity contribution >= 4 is 24.1 Å². The van der Waals surface area contributed by atoms with Crippen molar-refractivity contribution in [2.24, 2.45) is 0 Å². The summed E-state index contributed by atoms with van der Waals surface area (Å²) in [5.41, 5.74) is 4.00. The Balaban J connectivity index is 1.97. The molecule has 0 fully saturated rings. The number of hydrogen-bond acceptors (Lipinski definition) is 5. The summed E-state index contributed by atoms with van der Waals surface area (Å²) in [4.78, 5) is 9.05. The zero-order valence-corrected chi connectivity index (χ0v) is 18.0. The van der Waals surface area contributed by atoms with Crippen molar-refractivity contribution in [1.82, 2.24) is 14.5 Å². The molecule has 7 heteroatoms. The van der Waals surface area contributed by atoms with E-state index in [4.69, 9.17) is 9.05 Å². The SMILES string of the molecule is CCOP(=O)(OCC)c1cc2c(-c3ccccc3)ncnc2n1Cc1ccccc1. The molecule has 0 unspecified atom stereocenters. The highest BCUT2D eigenvalue weighted by atomic mass is 31.2. The van der Waals surface area contributed by atoms with Crippen molar-refractivity contribution in [2.75, 3.05) is 13.2 Å². The second-order valence-corrected chi connectivity index (χ2v) is 8.70. The molecule has 0 saturated carbocycles. The molecule has 0 N–H and O–H groups in total. The summed E-state index contributed by atoms with van der Waals surface area (Å²) in [6, 6.07) is 21.8. The van der Waals surface area contributed by atoms with Crippen LogP contribution in [0.15, 0.2) is 73.1 Å². The zero-order valence-electron chi connectivity index (χ0n) is 17.1. The van der Waals surface area contributed by atoms with Gasteiger partial charge in [0, 0.05) is 17.5 Å². The van der Waals surface area contributed by atoms with E-state index in [1.54, 1.807) is 6.33 Å². The van der Waals surface area contributed by atoms with E-state index in [0.717, 1.165) is 22.2 Å². The second kappa shape index (κ2) is 8.92. The molecule has 2 aromatic heterocycles. The van der Waals surface area contributed by atoms with Crippen LogP contribution in [0.5, 0.6) is 0 Å². The van der Waals surface area contributed by atoms with Crippen molar-refractivity contribution < 1.29 is 13.6 Å². The molecule has 0 amide bonds. The van der Waals surface area contributed by atoms with Crippen LogP contribution in [0, 0.1) is 0 Å². The van der Waals surface area contributed by atoms with Gasteiger partial charge in [-0.2, -0.15) is 0 Å². The summed E-state index contributed by atoms with van der Waals surface area (Å²) < 4.78 is 27.0. The Labute approximate surface area is 176 Å².